The standard InChI is InChI=1S/C16H28N2O/c1-12(2)19-14-9-7-13(8-10-14)15(18(5)6)16(3,4)11-17/h7-10,12,15H,11,17H2,1-6H3. The Bertz CT molecular complexity index is 382. The number of hydrogen-bond donors (Lipinski definition) is 1. The molecule has 1 rings (SSSR count). The fraction of sp³-hybridized carbons (Fsp3) is 0.625. The van der Waals surface area contributed by atoms with Gasteiger partial charge < -0.3 is 15.4 Å². The van der Waals surface area contributed by atoms with Crippen LogP contribution < -0.4 is 10.5 Å². The van der Waals surface area contributed by atoms with Gasteiger partial charge >= 0.3 is 0 Å². The molecule has 0 aliphatic heterocycles. The molecule has 0 fully saturated rings. The number of ether oxygens (including phenoxy) is 1. The van der Waals surface area contributed by atoms with Crippen molar-refractivity contribution >= 4 is 0 Å². The largest absolute Gasteiger partial charge is 0.491 e. The second kappa shape index (κ2) is 6.40. The Morgan fingerprint density at radius 2 is 1.68 bits per heavy atom. The molecule has 0 aliphatic rings. The summed E-state index contributed by atoms with van der Waals surface area (Å²) < 4.78 is 5.68. The number of hydrogen-bond acceptors (Lipinski definition) is 3. The van der Waals surface area contributed by atoms with E-state index in [2.05, 4.69) is 45.0 Å². The van der Waals surface area contributed by atoms with Crippen molar-refractivity contribution in [2.45, 2.75) is 39.8 Å². The fourth-order valence-electron chi connectivity index (χ4n) is 2.56. The van der Waals surface area contributed by atoms with Crippen molar-refractivity contribution in [1.29, 1.82) is 0 Å². The molecule has 19 heavy (non-hydrogen) atoms. The zero-order valence-corrected chi connectivity index (χ0v) is 13.1. The Morgan fingerprint density at radius 3 is 2.05 bits per heavy atom. The molecule has 3 nitrogen and oxygen atoms in total. The van der Waals surface area contributed by atoms with Gasteiger partial charge in [-0.3, -0.25) is 0 Å². The maximum absolute atomic E-state index is 5.93. The number of nitrogens with two attached hydrogens (primary N) is 1. The van der Waals surface area contributed by atoms with E-state index in [1.807, 2.05) is 26.0 Å². The number of nitrogens with zero attached hydrogens (tertiary/aromatic N) is 1. The highest BCUT2D eigenvalue weighted by molar-refractivity contribution is 5.30. The second-order valence-corrected chi connectivity index (χ2v) is 6.29. The van der Waals surface area contributed by atoms with Gasteiger partial charge in [-0.1, -0.05) is 26.0 Å². The third-order valence-corrected chi connectivity index (χ3v) is 3.35. The molecule has 0 spiro atoms. The van der Waals surface area contributed by atoms with Gasteiger partial charge in [0.05, 0.1) is 6.10 Å². The molecule has 1 aromatic carbocycles. The molecular weight excluding hydrogens is 236 g/mol. The molecule has 1 aromatic rings. The Morgan fingerprint density at radius 1 is 1.16 bits per heavy atom. The van der Waals surface area contributed by atoms with E-state index in [0.717, 1.165) is 5.75 Å². The molecule has 1 atom stereocenters. The number of benzene rings is 1. The molecule has 1 unspecified atom stereocenters. The predicted molar refractivity (Wildman–Crippen MR) is 81.5 cm³/mol. The van der Waals surface area contributed by atoms with Crippen molar-refractivity contribution in [2.75, 3.05) is 20.6 Å². The van der Waals surface area contributed by atoms with E-state index in [4.69, 9.17) is 10.5 Å². The van der Waals surface area contributed by atoms with Crippen molar-refractivity contribution in [2.24, 2.45) is 11.1 Å². The van der Waals surface area contributed by atoms with Crippen LogP contribution in [0.5, 0.6) is 5.75 Å². The van der Waals surface area contributed by atoms with Crippen LogP contribution in [0.2, 0.25) is 0 Å². The van der Waals surface area contributed by atoms with Crippen molar-refractivity contribution in [3.63, 3.8) is 0 Å². The topological polar surface area (TPSA) is 38.5 Å². The molecule has 2 N–H and O–H groups in total. The van der Waals surface area contributed by atoms with Crippen molar-refractivity contribution < 1.29 is 4.74 Å². The minimum atomic E-state index is 0.0317. The van der Waals surface area contributed by atoms with Crippen LogP contribution in [0.15, 0.2) is 24.3 Å². The minimum absolute atomic E-state index is 0.0317. The summed E-state index contributed by atoms with van der Waals surface area (Å²) in [5, 5.41) is 0. The summed E-state index contributed by atoms with van der Waals surface area (Å²) in [5.74, 6) is 0.918. The highest BCUT2D eigenvalue weighted by Gasteiger charge is 2.31. The first-order chi connectivity index (χ1) is 8.77. The zero-order chi connectivity index (χ0) is 14.6. The molecular formula is C16H28N2O. The van der Waals surface area contributed by atoms with Crippen molar-refractivity contribution in [3.8, 4) is 5.75 Å². The van der Waals surface area contributed by atoms with E-state index in [1.54, 1.807) is 0 Å². The third-order valence-electron chi connectivity index (χ3n) is 3.35. The first kappa shape index (κ1) is 16.0. The van der Waals surface area contributed by atoms with E-state index in [9.17, 15) is 0 Å². The molecule has 3 heteroatoms. The quantitative estimate of drug-likeness (QED) is 0.858. The molecule has 108 valence electrons. The lowest BCUT2D eigenvalue weighted by Crippen LogP contribution is -2.38. The van der Waals surface area contributed by atoms with Crippen LogP contribution in [0.1, 0.15) is 39.3 Å². The van der Waals surface area contributed by atoms with E-state index in [1.165, 1.54) is 5.56 Å². The van der Waals surface area contributed by atoms with Gasteiger partial charge in [0.2, 0.25) is 0 Å². The molecule has 0 radical (unpaired) electrons. The Hall–Kier alpha value is -1.06. The lowest BCUT2D eigenvalue weighted by Gasteiger charge is -2.38. The monoisotopic (exact) mass is 264 g/mol. The molecule has 0 heterocycles. The molecule has 0 aliphatic carbocycles. The summed E-state index contributed by atoms with van der Waals surface area (Å²) >= 11 is 0. The molecule has 0 amide bonds. The fourth-order valence-corrected chi connectivity index (χ4v) is 2.56. The van der Waals surface area contributed by atoms with Gasteiger partial charge in [-0.15, -0.1) is 0 Å². The minimum Gasteiger partial charge on any atom is -0.491 e. The van der Waals surface area contributed by atoms with Crippen molar-refractivity contribution in [1.82, 2.24) is 4.90 Å². The van der Waals surface area contributed by atoms with E-state index in [0.29, 0.717) is 12.6 Å². The van der Waals surface area contributed by atoms with E-state index in [-0.39, 0.29) is 11.5 Å². The highest BCUT2D eigenvalue weighted by Crippen LogP contribution is 2.36. The summed E-state index contributed by atoms with van der Waals surface area (Å²) in [6.07, 6.45) is 0.205. The second-order valence-electron chi connectivity index (χ2n) is 6.29. The summed E-state index contributed by atoms with van der Waals surface area (Å²) in [5.41, 5.74) is 7.23. The van der Waals surface area contributed by atoms with E-state index < -0.39 is 0 Å². The van der Waals surface area contributed by atoms with Crippen LogP contribution in [0.25, 0.3) is 0 Å². The summed E-state index contributed by atoms with van der Waals surface area (Å²) in [6.45, 7) is 9.13. The van der Waals surface area contributed by atoms with E-state index >= 15 is 0 Å². The third kappa shape index (κ3) is 4.22. The molecule has 0 saturated heterocycles. The van der Waals surface area contributed by atoms with Crippen LogP contribution in [-0.4, -0.2) is 31.6 Å². The lowest BCUT2D eigenvalue weighted by atomic mass is 9.80. The SMILES string of the molecule is CC(C)Oc1ccc(C(N(C)C)C(C)(C)CN)cc1. The number of rotatable bonds is 6. The van der Waals surface area contributed by atoms with Gasteiger partial charge in [-0.2, -0.15) is 0 Å². The molecule has 0 bridgehead atoms. The van der Waals surface area contributed by atoms with Crippen LogP contribution in [0.4, 0.5) is 0 Å². The summed E-state index contributed by atoms with van der Waals surface area (Å²) in [7, 11) is 4.20. The summed E-state index contributed by atoms with van der Waals surface area (Å²) in [4.78, 5) is 2.23. The van der Waals surface area contributed by atoms with Gasteiger partial charge in [0.25, 0.3) is 0 Å². The van der Waals surface area contributed by atoms with Crippen LogP contribution in [0.3, 0.4) is 0 Å². The Balaban J connectivity index is 2.99. The maximum atomic E-state index is 5.93. The van der Waals surface area contributed by atoms with Gasteiger partial charge in [0.15, 0.2) is 0 Å². The van der Waals surface area contributed by atoms with Gasteiger partial charge in [0, 0.05) is 6.04 Å². The average molecular weight is 264 g/mol. The van der Waals surface area contributed by atoms with Gasteiger partial charge in [-0.05, 0) is 57.6 Å². The highest BCUT2D eigenvalue weighted by atomic mass is 16.5. The van der Waals surface area contributed by atoms with Crippen molar-refractivity contribution in [3.05, 3.63) is 29.8 Å². The predicted octanol–water partition coefficient (Wildman–Crippen LogP) is 3.06. The molecule has 0 aromatic heterocycles. The first-order valence-electron chi connectivity index (χ1n) is 6.91. The van der Waals surface area contributed by atoms with Gasteiger partial charge in [0.1, 0.15) is 5.75 Å². The summed E-state index contributed by atoms with van der Waals surface area (Å²) in [6, 6.07) is 8.65. The Labute approximate surface area is 117 Å². The Kier molecular flexibility index (Phi) is 5.39. The van der Waals surface area contributed by atoms with Crippen LogP contribution >= 0.6 is 0 Å². The lowest BCUT2D eigenvalue weighted by molar-refractivity contribution is 0.143. The first-order valence-corrected chi connectivity index (χ1v) is 6.91. The smallest absolute Gasteiger partial charge is 0.119 e. The van der Waals surface area contributed by atoms with Crippen LogP contribution in [0, 0.1) is 5.41 Å². The zero-order valence-electron chi connectivity index (χ0n) is 13.1. The average Bonchev–Trinajstić information content (AvgIpc) is 2.30. The maximum Gasteiger partial charge on any atom is 0.119 e. The normalized spacial score (nSPS) is 13.9. The van der Waals surface area contributed by atoms with Gasteiger partial charge in [-0.25, -0.2) is 0 Å². The molecule has 0 saturated carbocycles. The van der Waals surface area contributed by atoms with Crippen LogP contribution in [-0.2, 0) is 0 Å².